The van der Waals surface area contributed by atoms with Crippen molar-refractivity contribution in [2.75, 3.05) is 5.32 Å². The number of aromatic nitrogens is 2. The fraction of sp³-hybridized carbons (Fsp3) is 0.812. The van der Waals surface area contributed by atoms with Gasteiger partial charge in [-0.3, -0.25) is 0 Å². The molecule has 0 aromatic carbocycles. The van der Waals surface area contributed by atoms with E-state index in [9.17, 15) is 0 Å². The lowest BCUT2D eigenvalue weighted by Gasteiger charge is -2.29. The predicted octanol–water partition coefficient (Wildman–Crippen LogP) is 4.01. The van der Waals surface area contributed by atoms with Crippen LogP contribution in [0, 0.1) is 24.7 Å². The number of nitrogens with zero attached hydrogens (tertiary/aromatic N) is 2. The topological polar surface area (TPSA) is 29.9 Å². The fourth-order valence-corrected chi connectivity index (χ4v) is 4.23. The Balaban J connectivity index is 1.71. The van der Waals surface area contributed by atoms with Crippen LogP contribution < -0.4 is 5.32 Å². The first-order valence-electron chi connectivity index (χ1n) is 7.86. The number of anilines is 1. The summed E-state index contributed by atoms with van der Waals surface area (Å²) in [4.78, 5) is 4.66. The van der Waals surface area contributed by atoms with E-state index < -0.39 is 0 Å². The second-order valence-corrected chi connectivity index (χ2v) is 6.98. The van der Waals surface area contributed by atoms with Crippen molar-refractivity contribution in [2.45, 2.75) is 65.5 Å². The largest absolute Gasteiger partial charge is 0.353 e. The van der Waals surface area contributed by atoms with Crippen molar-refractivity contribution in [3.63, 3.8) is 0 Å². The third-order valence-electron chi connectivity index (χ3n) is 5.20. The summed E-state index contributed by atoms with van der Waals surface area (Å²) >= 11 is 0. The summed E-state index contributed by atoms with van der Waals surface area (Å²) in [6.07, 6.45) is 8.00. The molecule has 0 saturated heterocycles. The molecule has 3 rings (SSSR count). The zero-order valence-corrected chi connectivity index (χ0v) is 12.7. The fourth-order valence-electron chi connectivity index (χ4n) is 4.23. The third-order valence-corrected chi connectivity index (χ3v) is 5.20. The standard InChI is InChI=1S/C16H27N3/c1-10(2)19-9-11(3)17-16(19)18-12(4)15-8-13-5-6-14(15)7-13/h9-10,12-15H,5-8H2,1-4H3,(H,17,18). The molecule has 2 aliphatic carbocycles. The molecule has 2 saturated carbocycles. The molecule has 0 amide bonds. The van der Waals surface area contributed by atoms with Gasteiger partial charge in [-0.15, -0.1) is 0 Å². The Bertz CT molecular complexity index is 449. The summed E-state index contributed by atoms with van der Waals surface area (Å²) in [5.41, 5.74) is 1.11. The first-order valence-corrected chi connectivity index (χ1v) is 7.86. The van der Waals surface area contributed by atoms with Crippen molar-refractivity contribution in [1.29, 1.82) is 0 Å². The van der Waals surface area contributed by atoms with Crippen LogP contribution in [0.4, 0.5) is 5.95 Å². The molecule has 3 nitrogen and oxygen atoms in total. The van der Waals surface area contributed by atoms with Gasteiger partial charge in [-0.05, 0) is 64.7 Å². The second kappa shape index (κ2) is 4.84. The molecule has 2 bridgehead atoms. The predicted molar refractivity (Wildman–Crippen MR) is 79.4 cm³/mol. The van der Waals surface area contributed by atoms with Gasteiger partial charge in [0.05, 0.1) is 5.69 Å². The number of hydrogen-bond donors (Lipinski definition) is 1. The molecule has 1 aromatic heterocycles. The van der Waals surface area contributed by atoms with Gasteiger partial charge < -0.3 is 9.88 Å². The first-order chi connectivity index (χ1) is 9.04. The van der Waals surface area contributed by atoms with Gasteiger partial charge in [-0.1, -0.05) is 6.42 Å². The molecule has 4 atom stereocenters. The molecule has 1 aromatic rings. The molecule has 2 fully saturated rings. The van der Waals surface area contributed by atoms with E-state index in [1.54, 1.807) is 0 Å². The average Bonchev–Trinajstić information content (AvgIpc) is 3.03. The van der Waals surface area contributed by atoms with Crippen molar-refractivity contribution in [3.8, 4) is 0 Å². The maximum absolute atomic E-state index is 4.66. The highest BCUT2D eigenvalue weighted by Crippen LogP contribution is 2.49. The molecule has 4 unspecified atom stereocenters. The molecular weight excluding hydrogens is 234 g/mol. The minimum atomic E-state index is 0.468. The van der Waals surface area contributed by atoms with Gasteiger partial charge in [-0.25, -0.2) is 4.98 Å². The quantitative estimate of drug-likeness (QED) is 0.887. The normalized spacial score (nSPS) is 31.1. The van der Waals surface area contributed by atoms with E-state index >= 15 is 0 Å². The lowest BCUT2D eigenvalue weighted by Crippen LogP contribution is -2.31. The zero-order valence-electron chi connectivity index (χ0n) is 12.7. The lowest BCUT2D eigenvalue weighted by atomic mass is 9.84. The smallest absolute Gasteiger partial charge is 0.203 e. The zero-order chi connectivity index (χ0) is 13.6. The molecular formula is C16H27N3. The SMILES string of the molecule is Cc1cn(C(C)C)c(NC(C)C2CC3CCC2C3)n1. The highest BCUT2D eigenvalue weighted by molar-refractivity contribution is 5.31. The van der Waals surface area contributed by atoms with Gasteiger partial charge >= 0.3 is 0 Å². The van der Waals surface area contributed by atoms with Crippen LogP contribution >= 0.6 is 0 Å². The number of rotatable bonds is 4. The van der Waals surface area contributed by atoms with Crippen LogP contribution in [0.1, 0.15) is 58.2 Å². The van der Waals surface area contributed by atoms with Crippen molar-refractivity contribution in [1.82, 2.24) is 9.55 Å². The second-order valence-electron chi connectivity index (χ2n) is 6.98. The van der Waals surface area contributed by atoms with Crippen LogP contribution in [0.15, 0.2) is 6.20 Å². The van der Waals surface area contributed by atoms with Gasteiger partial charge in [0.2, 0.25) is 5.95 Å². The average molecular weight is 261 g/mol. The number of nitrogens with one attached hydrogen (secondary N) is 1. The van der Waals surface area contributed by atoms with Crippen LogP contribution in [0.3, 0.4) is 0 Å². The maximum atomic E-state index is 4.66. The summed E-state index contributed by atoms with van der Waals surface area (Å²) in [5.74, 6) is 3.90. The molecule has 1 heterocycles. The van der Waals surface area contributed by atoms with Crippen LogP contribution in [0.25, 0.3) is 0 Å². The van der Waals surface area contributed by atoms with Gasteiger partial charge in [0.15, 0.2) is 0 Å². The molecule has 3 heteroatoms. The molecule has 0 radical (unpaired) electrons. The Labute approximate surface area is 116 Å². The number of hydrogen-bond acceptors (Lipinski definition) is 2. The minimum absolute atomic E-state index is 0.468. The van der Waals surface area contributed by atoms with Crippen molar-refractivity contribution in [2.24, 2.45) is 17.8 Å². The first kappa shape index (κ1) is 13.0. The monoisotopic (exact) mass is 261 g/mol. The summed E-state index contributed by atoms with van der Waals surface area (Å²) in [6.45, 7) is 8.86. The van der Waals surface area contributed by atoms with E-state index in [1.807, 2.05) is 0 Å². The van der Waals surface area contributed by atoms with Gasteiger partial charge in [0, 0.05) is 18.3 Å². The van der Waals surface area contributed by atoms with Crippen molar-refractivity contribution < 1.29 is 0 Å². The summed E-state index contributed by atoms with van der Waals surface area (Å²) in [6, 6.07) is 1.02. The Kier molecular flexibility index (Phi) is 3.32. The van der Waals surface area contributed by atoms with E-state index in [0.29, 0.717) is 12.1 Å². The Morgan fingerprint density at radius 3 is 2.63 bits per heavy atom. The van der Waals surface area contributed by atoms with E-state index in [2.05, 4.69) is 48.8 Å². The van der Waals surface area contributed by atoms with E-state index in [0.717, 1.165) is 29.4 Å². The Hall–Kier alpha value is -0.990. The van der Waals surface area contributed by atoms with Crippen LogP contribution in [-0.4, -0.2) is 15.6 Å². The molecule has 106 valence electrons. The highest BCUT2D eigenvalue weighted by atomic mass is 15.2. The highest BCUT2D eigenvalue weighted by Gasteiger charge is 2.42. The molecule has 0 spiro atoms. The summed E-state index contributed by atoms with van der Waals surface area (Å²) < 4.78 is 2.26. The van der Waals surface area contributed by atoms with Gasteiger partial charge in [-0.2, -0.15) is 0 Å². The Morgan fingerprint density at radius 2 is 2.05 bits per heavy atom. The third kappa shape index (κ3) is 2.39. The molecule has 1 N–H and O–H groups in total. The van der Waals surface area contributed by atoms with E-state index in [1.165, 1.54) is 25.7 Å². The number of imidazole rings is 1. The number of aryl methyl sites for hydroxylation is 1. The van der Waals surface area contributed by atoms with Crippen LogP contribution in [-0.2, 0) is 0 Å². The van der Waals surface area contributed by atoms with Gasteiger partial charge in [0.25, 0.3) is 0 Å². The van der Waals surface area contributed by atoms with Crippen molar-refractivity contribution in [3.05, 3.63) is 11.9 Å². The number of fused-ring (bicyclic) bond motifs is 2. The van der Waals surface area contributed by atoms with Gasteiger partial charge in [0.1, 0.15) is 0 Å². The summed E-state index contributed by atoms with van der Waals surface area (Å²) in [5, 5.41) is 3.69. The molecule has 2 aliphatic rings. The van der Waals surface area contributed by atoms with Crippen LogP contribution in [0.2, 0.25) is 0 Å². The summed E-state index contributed by atoms with van der Waals surface area (Å²) in [7, 11) is 0. The maximum Gasteiger partial charge on any atom is 0.203 e. The molecule has 19 heavy (non-hydrogen) atoms. The van der Waals surface area contributed by atoms with Crippen molar-refractivity contribution >= 4 is 5.95 Å². The Morgan fingerprint density at radius 1 is 1.26 bits per heavy atom. The minimum Gasteiger partial charge on any atom is -0.353 e. The van der Waals surface area contributed by atoms with E-state index in [4.69, 9.17) is 0 Å². The van der Waals surface area contributed by atoms with E-state index in [-0.39, 0.29) is 0 Å². The van der Waals surface area contributed by atoms with Crippen LogP contribution in [0.5, 0.6) is 0 Å². The lowest BCUT2D eigenvalue weighted by molar-refractivity contribution is 0.303. The molecule has 0 aliphatic heterocycles.